The van der Waals surface area contributed by atoms with Gasteiger partial charge in [0.2, 0.25) is 5.91 Å². The molecule has 1 aliphatic heterocycles. The van der Waals surface area contributed by atoms with Crippen LogP contribution in [0.2, 0.25) is 0 Å². The predicted molar refractivity (Wildman–Crippen MR) is 141 cm³/mol. The summed E-state index contributed by atoms with van der Waals surface area (Å²) >= 11 is 8.12. The molecule has 9 heteroatoms. The smallest absolute Gasteiger partial charge is 0.226 e. The number of thiocarbonyl (C=S) groups is 1. The molecule has 1 aliphatic rings. The van der Waals surface area contributed by atoms with Crippen molar-refractivity contribution in [2.24, 2.45) is 0 Å². The summed E-state index contributed by atoms with van der Waals surface area (Å²) in [5.74, 6) is 0.532. The average Bonchev–Trinajstić information content (AvgIpc) is 3.27. The number of benzene rings is 1. The fourth-order valence-corrected chi connectivity index (χ4v) is 5.45. The Hall–Kier alpha value is -2.66. The molecule has 172 valence electrons. The Balaban J connectivity index is 1.59. The van der Waals surface area contributed by atoms with Crippen LogP contribution >= 0.6 is 34.8 Å². The van der Waals surface area contributed by atoms with E-state index < -0.39 is 0 Å². The first kappa shape index (κ1) is 23.5. The van der Waals surface area contributed by atoms with E-state index in [1.165, 1.54) is 9.13 Å². The number of amides is 1. The second-order valence-corrected chi connectivity index (χ2v) is 9.39. The lowest BCUT2D eigenvalue weighted by Gasteiger charge is -2.28. The van der Waals surface area contributed by atoms with Crippen LogP contribution in [0.3, 0.4) is 0 Å². The van der Waals surface area contributed by atoms with E-state index in [9.17, 15) is 4.79 Å². The molecule has 33 heavy (non-hydrogen) atoms. The van der Waals surface area contributed by atoms with E-state index in [0.29, 0.717) is 23.1 Å². The summed E-state index contributed by atoms with van der Waals surface area (Å²) in [6.45, 7) is 4.62. The fourth-order valence-electron chi connectivity index (χ4n) is 4.26. The third-order valence-corrected chi connectivity index (χ3v) is 7.54. The van der Waals surface area contributed by atoms with Crippen molar-refractivity contribution < 1.29 is 9.53 Å². The van der Waals surface area contributed by atoms with Crippen molar-refractivity contribution in [3.8, 4) is 5.75 Å². The Morgan fingerprint density at radius 2 is 1.97 bits per heavy atom. The zero-order valence-corrected chi connectivity index (χ0v) is 21.7. The van der Waals surface area contributed by atoms with E-state index in [1.807, 2.05) is 42.5 Å². The highest BCUT2D eigenvalue weighted by molar-refractivity contribution is 14.1. The Morgan fingerprint density at radius 1 is 1.21 bits per heavy atom. The maximum atomic E-state index is 12.8. The number of aromatic nitrogens is 2. The van der Waals surface area contributed by atoms with Crippen LogP contribution in [0.1, 0.15) is 41.1 Å². The summed E-state index contributed by atoms with van der Waals surface area (Å²) < 4.78 is 6.51. The Morgan fingerprint density at radius 3 is 2.64 bits per heavy atom. The van der Waals surface area contributed by atoms with Crippen LogP contribution in [0.25, 0.3) is 0 Å². The number of H-pyrrole nitrogens is 1. The number of nitrogens with zero attached hydrogens (tertiary/aromatic N) is 2. The van der Waals surface area contributed by atoms with Gasteiger partial charge in [-0.25, -0.2) is 0 Å². The molecule has 3 N–H and O–H groups in total. The number of para-hydroxylation sites is 2. The number of ether oxygens (including phenoxy) is 1. The molecule has 1 saturated heterocycles. The quantitative estimate of drug-likeness (QED) is 0.282. The van der Waals surface area contributed by atoms with Gasteiger partial charge in [0, 0.05) is 39.7 Å². The van der Waals surface area contributed by atoms with E-state index in [-0.39, 0.29) is 24.4 Å². The molecule has 1 aromatic carbocycles. The number of aryl methyl sites for hydroxylation is 2. The van der Waals surface area contributed by atoms with E-state index in [4.69, 9.17) is 17.0 Å². The molecule has 0 bridgehead atoms. The molecule has 4 rings (SSSR count). The van der Waals surface area contributed by atoms with Gasteiger partial charge in [-0.2, -0.15) is 0 Å². The first-order valence-electron chi connectivity index (χ1n) is 10.7. The number of hydrogen-bond donors (Lipinski definition) is 3. The number of nitrogens with one attached hydrogen (secondary N) is 3. The lowest BCUT2D eigenvalue weighted by molar-refractivity contribution is -0.116. The predicted octanol–water partition coefficient (Wildman–Crippen LogP) is 4.64. The summed E-state index contributed by atoms with van der Waals surface area (Å²) in [6.07, 6.45) is 2.07. The number of halogens is 1. The highest BCUT2D eigenvalue weighted by Gasteiger charge is 2.42. The van der Waals surface area contributed by atoms with E-state index >= 15 is 0 Å². The van der Waals surface area contributed by atoms with Crippen LogP contribution in [-0.2, 0) is 4.79 Å². The van der Waals surface area contributed by atoms with E-state index in [0.717, 1.165) is 17.1 Å². The number of hydrogen-bond acceptors (Lipinski definition) is 4. The van der Waals surface area contributed by atoms with E-state index in [1.54, 1.807) is 13.3 Å². The standard InChI is InChI=1S/C24H26IN5O2S/c1-14-20(21(25)15(2)27-14)23-22(17-9-6-7-12-26-17)29-24(33)30(23)13-11-19(31)28-16-8-4-5-10-18(16)32-3/h4-10,12,22-23,27H,11,13H2,1-3H3,(H,28,31)(H,29,33)/t22-,23-/m1/s1. The van der Waals surface area contributed by atoms with Crippen molar-refractivity contribution in [2.45, 2.75) is 32.4 Å². The number of pyridine rings is 1. The zero-order chi connectivity index (χ0) is 23.5. The summed E-state index contributed by atoms with van der Waals surface area (Å²) in [6, 6.07) is 13.1. The Labute approximate surface area is 212 Å². The molecule has 0 aliphatic carbocycles. The molecule has 3 heterocycles. The first-order valence-corrected chi connectivity index (χ1v) is 12.1. The lowest BCUT2D eigenvalue weighted by Crippen LogP contribution is -2.33. The van der Waals surface area contributed by atoms with Gasteiger partial charge in [0.05, 0.1) is 30.6 Å². The minimum Gasteiger partial charge on any atom is -0.495 e. The van der Waals surface area contributed by atoms with Crippen molar-refractivity contribution in [3.63, 3.8) is 0 Å². The van der Waals surface area contributed by atoms with Crippen LogP contribution in [0.4, 0.5) is 5.69 Å². The maximum Gasteiger partial charge on any atom is 0.226 e. The highest BCUT2D eigenvalue weighted by atomic mass is 127. The monoisotopic (exact) mass is 575 g/mol. The summed E-state index contributed by atoms with van der Waals surface area (Å²) in [5, 5.41) is 7.02. The molecular formula is C24H26IN5O2S. The normalized spacial score (nSPS) is 17.7. The lowest BCUT2D eigenvalue weighted by atomic mass is 9.96. The molecule has 0 saturated carbocycles. The van der Waals surface area contributed by atoms with Gasteiger partial charge in [-0.15, -0.1) is 0 Å². The van der Waals surface area contributed by atoms with E-state index in [2.05, 4.69) is 61.9 Å². The Kier molecular flexibility index (Phi) is 7.18. The van der Waals surface area contributed by atoms with Crippen molar-refractivity contribution in [1.82, 2.24) is 20.2 Å². The van der Waals surface area contributed by atoms with Crippen molar-refractivity contribution >= 4 is 51.5 Å². The molecule has 0 radical (unpaired) electrons. The van der Waals surface area contributed by atoms with Gasteiger partial charge in [0.1, 0.15) is 5.75 Å². The van der Waals surface area contributed by atoms with Crippen LogP contribution in [0.5, 0.6) is 5.75 Å². The molecule has 1 fully saturated rings. The number of carbonyl (C=O) groups is 1. The molecule has 2 atom stereocenters. The van der Waals surface area contributed by atoms with Gasteiger partial charge in [0.25, 0.3) is 0 Å². The number of aromatic amines is 1. The molecule has 0 unspecified atom stereocenters. The van der Waals surface area contributed by atoms with Gasteiger partial charge in [0.15, 0.2) is 5.11 Å². The first-order chi connectivity index (χ1) is 15.9. The summed E-state index contributed by atoms with van der Waals surface area (Å²) in [5.41, 5.74) is 4.97. The Bertz CT molecular complexity index is 1170. The zero-order valence-electron chi connectivity index (χ0n) is 18.7. The topological polar surface area (TPSA) is 82.3 Å². The SMILES string of the molecule is COc1ccccc1NC(=O)CCN1C(=S)N[C@H](c2ccccn2)[C@H]1c1c(C)[nH]c(C)c1I. The number of anilines is 1. The number of rotatable bonds is 7. The second-order valence-electron chi connectivity index (χ2n) is 7.92. The van der Waals surface area contributed by atoms with Crippen LogP contribution in [0, 0.1) is 17.4 Å². The maximum absolute atomic E-state index is 12.8. The van der Waals surface area contributed by atoms with Crippen LogP contribution in [0.15, 0.2) is 48.7 Å². The van der Waals surface area contributed by atoms with Crippen LogP contribution < -0.4 is 15.4 Å². The summed E-state index contributed by atoms with van der Waals surface area (Å²) in [7, 11) is 1.59. The fraction of sp³-hybridized carbons (Fsp3) is 0.292. The average molecular weight is 575 g/mol. The third kappa shape index (κ3) is 4.84. The molecular weight excluding hydrogens is 549 g/mol. The van der Waals surface area contributed by atoms with Gasteiger partial charge in [-0.3, -0.25) is 9.78 Å². The van der Waals surface area contributed by atoms with Crippen molar-refractivity contribution in [3.05, 3.63) is 74.9 Å². The van der Waals surface area contributed by atoms with Gasteiger partial charge < -0.3 is 25.3 Å². The second kappa shape index (κ2) is 10.1. The van der Waals surface area contributed by atoms with Gasteiger partial charge in [-0.05, 0) is 72.9 Å². The van der Waals surface area contributed by atoms with Crippen molar-refractivity contribution in [2.75, 3.05) is 19.0 Å². The highest BCUT2D eigenvalue weighted by Crippen LogP contribution is 2.42. The van der Waals surface area contributed by atoms with Gasteiger partial charge in [-0.1, -0.05) is 18.2 Å². The number of methoxy groups -OCH3 is 1. The third-order valence-electron chi connectivity index (χ3n) is 5.80. The minimum atomic E-state index is -0.113. The van der Waals surface area contributed by atoms with Gasteiger partial charge >= 0.3 is 0 Å². The van der Waals surface area contributed by atoms with Crippen LogP contribution in [-0.4, -0.2) is 39.5 Å². The van der Waals surface area contributed by atoms with Crippen molar-refractivity contribution in [1.29, 1.82) is 0 Å². The molecule has 7 nitrogen and oxygen atoms in total. The molecule has 3 aromatic rings. The summed E-state index contributed by atoms with van der Waals surface area (Å²) in [4.78, 5) is 22.9. The minimum absolute atomic E-state index is 0.0803. The molecule has 2 aromatic heterocycles. The number of carbonyl (C=O) groups excluding carboxylic acids is 1. The molecule has 0 spiro atoms. The largest absolute Gasteiger partial charge is 0.495 e. The molecule has 1 amide bonds.